The van der Waals surface area contributed by atoms with Gasteiger partial charge in [0.2, 0.25) is 18.3 Å². The van der Waals surface area contributed by atoms with E-state index in [1.54, 1.807) is 26.4 Å². The van der Waals surface area contributed by atoms with Crippen LogP contribution in [0.25, 0.3) is 11.1 Å². The van der Waals surface area contributed by atoms with E-state index in [1.807, 2.05) is 6.07 Å². The van der Waals surface area contributed by atoms with Crippen molar-refractivity contribution >= 4 is 0 Å². The van der Waals surface area contributed by atoms with Crippen molar-refractivity contribution in [1.29, 1.82) is 0 Å². The van der Waals surface area contributed by atoms with Gasteiger partial charge in [-0.05, 0) is 35.2 Å². The molecule has 0 unspecified atom stereocenters. The van der Waals surface area contributed by atoms with E-state index in [1.165, 1.54) is 14.2 Å². The Labute approximate surface area is 181 Å². The predicted octanol–water partition coefficient (Wildman–Crippen LogP) is 4.13. The van der Waals surface area contributed by atoms with E-state index in [4.69, 9.17) is 33.2 Å². The van der Waals surface area contributed by atoms with Gasteiger partial charge in [0.1, 0.15) is 0 Å². The molecule has 0 aliphatic carbocycles. The molecular formula is C23H28O8. The van der Waals surface area contributed by atoms with Crippen molar-refractivity contribution in [3.05, 3.63) is 23.8 Å². The molecule has 0 radical (unpaired) electrons. The van der Waals surface area contributed by atoms with E-state index >= 15 is 0 Å². The van der Waals surface area contributed by atoms with Crippen LogP contribution in [0, 0.1) is 11.8 Å². The highest BCUT2D eigenvalue weighted by atomic mass is 16.7. The third kappa shape index (κ3) is 3.40. The van der Waals surface area contributed by atoms with E-state index in [-0.39, 0.29) is 48.3 Å². The van der Waals surface area contributed by atoms with Gasteiger partial charge in [-0.1, -0.05) is 13.8 Å². The highest BCUT2D eigenvalue weighted by Gasteiger charge is 2.43. The third-order valence-electron chi connectivity index (χ3n) is 6.18. The van der Waals surface area contributed by atoms with Crippen molar-refractivity contribution in [3.8, 4) is 45.6 Å². The Morgan fingerprint density at radius 2 is 1.58 bits per heavy atom. The summed E-state index contributed by atoms with van der Waals surface area (Å²) in [6.07, 6.45) is -0.600. The van der Waals surface area contributed by atoms with Crippen LogP contribution < -0.4 is 23.7 Å². The van der Waals surface area contributed by atoms with E-state index in [0.717, 1.165) is 16.7 Å². The van der Waals surface area contributed by atoms with Gasteiger partial charge < -0.3 is 38.3 Å². The Morgan fingerprint density at radius 3 is 2.13 bits per heavy atom. The van der Waals surface area contributed by atoms with Crippen molar-refractivity contribution in [2.24, 2.45) is 11.8 Å². The molecule has 8 heteroatoms. The molecule has 2 aromatic carbocycles. The van der Waals surface area contributed by atoms with E-state index in [0.29, 0.717) is 17.2 Å². The maximum atomic E-state index is 10.4. The van der Waals surface area contributed by atoms with Crippen molar-refractivity contribution in [3.63, 3.8) is 0 Å². The van der Waals surface area contributed by atoms with Crippen molar-refractivity contribution < 1.29 is 38.3 Å². The predicted molar refractivity (Wildman–Crippen MR) is 112 cm³/mol. The average Bonchev–Trinajstić information content (AvgIpc) is 3.37. The van der Waals surface area contributed by atoms with Crippen molar-refractivity contribution in [1.82, 2.24) is 0 Å². The van der Waals surface area contributed by atoms with Gasteiger partial charge in [0.15, 0.2) is 29.3 Å². The van der Waals surface area contributed by atoms with E-state index in [9.17, 15) is 5.11 Å². The molecule has 0 saturated carbocycles. The number of hydrogen-bond donors (Lipinski definition) is 1. The number of aromatic hydroxyl groups is 1. The third-order valence-corrected chi connectivity index (χ3v) is 6.18. The average molecular weight is 432 g/mol. The second-order valence-corrected chi connectivity index (χ2v) is 7.72. The molecule has 31 heavy (non-hydrogen) atoms. The molecule has 2 aliphatic rings. The summed E-state index contributed by atoms with van der Waals surface area (Å²) in [6, 6.07) is 5.40. The molecule has 1 N–H and O–H groups in total. The van der Waals surface area contributed by atoms with Gasteiger partial charge in [0.05, 0.1) is 27.4 Å². The van der Waals surface area contributed by atoms with Crippen LogP contribution in [0.1, 0.15) is 25.5 Å². The SMILES string of the molecule is COc1cc(-c2c([C@@H]3O[C@H](OC)[C@H](C)[C@H]3C)cc3c(c2OC)OCO3)cc(OC)c1O. The zero-order chi connectivity index (χ0) is 22.3. The first-order valence-electron chi connectivity index (χ1n) is 10.1. The fourth-order valence-electron chi connectivity index (χ4n) is 4.33. The second kappa shape index (κ2) is 8.36. The van der Waals surface area contributed by atoms with Crippen LogP contribution in [-0.4, -0.2) is 46.6 Å². The molecule has 2 aliphatic heterocycles. The molecule has 0 aromatic heterocycles. The number of phenolic OH excluding ortho intramolecular Hbond substituents is 1. The van der Waals surface area contributed by atoms with Gasteiger partial charge in [-0.15, -0.1) is 0 Å². The number of rotatable bonds is 6. The molecule has 4 rings (SSSR count). The Hall–Kier alpha value is -2.84. The minimum Gasteiger partial charge on any atom is -0.502 e. The van der Waals surface area contributed by atoms with Gasteiger partial charge in [0, 0.05) is 18.6 Å². The molecular weight excluding hydrogens is 404 g/mol. The van der Waals surface area contributed by atoms with E-state index < -0.39 is 0 Å². The molecule has 168 valence electrons. The molecule has 0 bridgehead atoms. The van der Waals surface area contributed by atoms with Gasteiger partial charge in [-0.25, -0.2) is 0 Å². The number of fused-ring (bicyclic) bond motifs is 1. The van der Waals surface area contributed by atoms with Crippen molar-refractivity contribution in [2.45, 2.75) is 26.2 Å². The zero-order valence-electron chi connectivity index (χ0n) is 18.6. The number of ether oxygens (including phenoxy) is 7. The van der Waals surface area contributed by atoms with Crippen LogP contribution in [0.15, 0.2) is 18.2 Å². The lowest BCUT2D eigenvalue weighted by molar-refractivity contribution is -0.130. The molecule has 2 heterocycles. The van der Waals surface area contributed by atoms with Gasteiger partial charge in [0.25, 0.3) is 0 Å². The number of hydrogen-bond acceptors (Lipinski definition) is 8. The van der Waals surface area contributed by atoms with Crippen LogP contribution in [0.3, 0.4) is 0 Å². The highest BCUT2D eigenvalue weighted by Crippen LogP contribution is 2.55. The molecule has 0 amide bonds. The Bertz CT molecular complexity index is 948. The Balaban J connectivity index is 1.98. The summed E-state index contributed by atoms with van der Waals surface area (Å²) in [7, 11) is 6.21. The standard InChI is InChI=1S/C23H28O8/c1-11-12(2)23(28-6)31-20(11)14-9-17-21(30-10-29-17)22(27-5)18(14)13-7-15(25-3)19(24)16(8-13)26-4/h7-9,11-12,20,23-24H,10H2,1-6H3/t11-,12-,20-,23+/m1/s1. The maximum Gasteiger partial charge on any atom is 0.231 e. The summed E-state index contributed by atoms with van der Waals surface area (Å²) >= 11 is 0. The largest absolute Gasteiger partial charge is 0.502 e. The van der Waals surface area contributed by atoms with Crippen LogP contribution in [-0.2, 0) is 9.47 Å². The number of phenols is 1. The smallest absolute Gasteiger partial charge is 0.231 e. The maximum absolute atomic E-state index is 10.4. The summed E-state index contributed by atoms with van der Waals surface area (Å²) in [6.45, 7) is 4.34. The Kier molecular flexibility index (Phi) is 5.77. The molecule has 0 spiro atoms. The quantitative estimate of drug-likeness (QED) is 0.729. The summed E-state index contributed by atoms with van der Waals surface area (Å²) in [5, 5.41) is 10.4. The van der Waals surface area contributed by atoms with Gasteiger partial charge in [-0.3, -0.25) is 0 Å². The minimum atomic E-state index is -0.326. The highest BCUT2D eigenvalue weighted by molar-refractivity contribution is 5.83. The summed E-state index contributed by atoms with van der Waals surface area (Å²) in [5.74, 6) is 2.47. The van der Waals surface area contributed by atoms with Gasteiger partial charge in [-0.2, -0.15) is 0 Å². The van der Waals surface area contributed by atoms with Crippen LogP contribution in [0.5, 0.6) is 34.5 Å². The molecule has 4 atom stereocenters. The molecule has 2 aromatic rings. The lowest BCUT2D eigenvalue weighted by Gasteiger charge is -2.23. The number of methoxy groups -OCH3 is 4. The van der Waals surface area contributed by atoms with Crippen LogP contribution in [0.4, 0.5) is 0 Å². The lowest BCUT2D eigenvalue weighted by Crippen LogP contribution is -2.17. The zero-order valence-corrected chi connectivity index (χ0v) is 18.6. The summed E-state index contributed by atoms with van der Waals surface area (Å²) in [5.41, 5.74) is 2.35. The lowest BCUT2D eigenvalue weighted by atomic mass is 9.85. The minimum absolute atomic E-state index is 0.0754. The molecule has 1 fully saturated rings. The second-order valence-electron chi connectivity index (χ2n) is 7.72. The first-order valence-corrected chi connectivity index (χ1v) is 10.1. The fourth-order valence-corrected chi connectivity index (χ4v) is 4.33. The summed E-state index contributed by atoms with van der Waals surface area (Å²) < 4.78 is 39.8. The van der Waals surface area contributed by atoms with Crippen molar-refractivity contribution in [2.75, 3.05) is 35.2 Å². The summed E-state index contributed by atoms with van der Waals surface area (Å²) in [4.78, 5) is 0. The Morgan fingerprint density at radius 1 is 0.903 bits per heavy atom. The number of benzene rings is 2. The van der Waals surface area contributed by atoms with Crippen LogP contribution in [0.2, 0.25) is 0 Å². The molecule has 1 saturated heterocycles. The normalized spacial score (nSPS) is 24.3. The fraction of sp³-hybridized carbons (Fsp3) is 0.478. The first kappa shape index (κ1) is 21.4. The van der Waals surface area contributed by atoms with Gasteiger partial charge >= 0.3 is 0 Å². The molecule has 8 nitrogen and oxygen atoms in total. The topological polar surface area (TPSA) is 84.8 Å². The first-order chi connectivity index (χ1) is 14.9. The van der Waals surface area contributed by atoms with E-state index in [2.05, 4.69) is 13.8 Å². The monoisotopic (exact) mass is 432 g/mol. The van der Waals surface area contributed by atoms with Crippen LogP contribution >= 0.6 is 0 Å².